The number of phenols is 4. The van der Waals surface area contributed by atoms with Gasteiger partial charge in [-0.3, -0.25) is 9.59 Å². The van der Waals surface area contributed by atoms with Gasteiger partial charge in [-0.2, -0.15) is 0 Å². The average molecular weight is 287 g/mol. The Morgan fingerprint density at radius 2 is 1.29 bits per heavy atom. The van der Waals surface area contributed by atoms with E-state index in [4.69, 9.17) is 5.73 Å². The molecular weight excluding hydrogens is 278 g/mol. The zero-order valence-corrected chi connectivity index (χ0v) is 10.4. The molecule has 0 bridgehead atoms. The Hall–Kier alpha value is -3.22. The minimum Gasteiger partial charge on any atom is -0.507 e. The van der Waals surface area contributed by atoms with Gasteiger partial charge < -0.3 is 26.2 Å². The summed E-state index contributed by atoms with van der Waals surface area (Å²) in [4.78, 5) is 24.7. The number of phenolic OH excluding ortho intramolecular Hbond substituents is 4. The van der Waals surface area contributed by atoms with Crippen molar-refractivity contribution < 1.29 is 30.0 Å². The average Bonchev–Trinajstić information content (AvgIpc) is 2.44. The van der Waals surface area contributed by atoms with Gasteiger partial charge in [-0.1, -0.05) is 0 Å². The predicted molar refractivity (Wildman–Crippen MR) is 70.8 cm³/mol. The Morgan fingerprint density at radius 1 is 0.762 bits per heavy atom. The first kappa shape index (κ1) is 12.8. The Kier molecular flexibility index (Phi) is 2.37. The number of hydrogen-bond donors (Lipinski definition) is 5. The van der Waals surface area contributed by atoms with Crippen LogP contribution in [0.3, 0.4) is 0 Å². The largest absolute Gasteiger partial charge is 0.507 e. The molecule has 0 aliphatic heterocycles. The standard InChI is InChI=1S/C14H9NO6/c15-5-3-4-8(14(21)12(5)19)13(20)10-7(17)2-1-6(16)9(10)11(4)18/h1-3,16-17,19,21H,15H2. The van der Waals surface area contributed by atoms with Gasteiger partial charge in [0.2, 0.25) is 5.78 Å². The van der Waals surface area contributed by atoms with Gasteiger partial charge in [0.25, 0.3) is 0 Å². The number of anilines is 1. The number of ketones is 2. The van der Waals surface area contributed by atoms with Crippen LogP contribution in [0.25, 0.3) is 0 Å². The van der Waals surface area contributed by atoms with Crippen LogP contribution in [0.5, 0.6) is 23.0 Å². The molecule has 7 nitrogen and oxygen atoms in total. The number of fused-ring (bicyclic) bond motifs is 2. The molecule has 0 aromatic heterocycles. The zero-order valence-electron chi connectivity index (χ0n) is 10.4. The van der Waals surface area contributed by atoms with Crippen LogP contribution in [-0.4, -0.2) is 32.0 Å². The zero-order chi connectivity index (χ0) is 15.5. The van der Waals surface area contributed by atoms with E-state index >= 15 is 0 Å². The molecule has 1 aliphatic carbocycles. The molecule has 0 amide bonds. The predicted octanol–water partition coefficient (Wildman–Crippen LogP) is 0.867. The summed E-state index contributed by atoms with van der Waals surface area (Å²) < 4.78 is 0. The van der Waals surface area contributed by atoms with Crippen molar-refractivity contribution in [1.29, 1.82) is 0 Å². The molecule has 0 heterocycles. The van der Waals surface area contributed by atoms with Gasteiger partial charge in [0.15, 0.2) is 17.3 Å². The molecule has 0 atom stereocenters. The molecule has 0 radical (unpaired) electrons. The maximum Gasteiger partial charge on any atom is 0.202 e. The maximum atomic E-state index is 12.4. The fourth-order valence-corrected chi connectivity index (χ4v) is 2.39. The van der Waals surface area contributed by atoms with E-state index in [1.54, 1.807) is 0 Å². The van der Waals surface area contributed by atoms with Crippen LogP contribution in [0.15, 0.2) is 18.2 Å². The van der Waals surface area contributed by atoms with Crippen LogP contribution in [0.4, 0.5) is 5.69 Å². The number of rotatable bonds is 0. The molecule has 0 spiro atoms. The number of aromatic hydroxyl groups is 4. The highest BCUT2D eigenvalue weighted by Gasteiger charge is 2.37. The van der Waals surface area contributed by atoms with Gasteiger partial charge in [0.05, 0.1) is 22.4 Å². The van der Waals surface area contributed by atoms with Crippen LogP contribution < -0.4 is 5.73 Å². The number of nitrogens with two attached hydrogens (primary N) is 1. The molecule has 0 fully saturated rings. The summed E-state index contributed by atoms with van der Waals surface area (Å²) >= 11 is 0. The topological polar surface area (TPSA) is 141 Å². The van der Waals surface area contributed by atoms with Crippen LogP contribution in [-0.2, 0) is 0 Å². The van der Waals surface area contributed by atoms with Crippen molar-refractivity contribution in [2.24, 2.45) is 0 Å². The minimum atomic E-state index is -0.888. The van der Waals surface area contributed by atoms with Crippen molar-refractivity contribution in [2.45, 2.75) is 0 Å². The Bertz CT molecular complexity index is 840. The smallest absolute Gasteiger partial charge is 0.202 e. The Labute approximate surface area is 117 Å². The highest BCUT2D eigenvalue weighted by molar-refractivity contribution is 6.31. The molecule has 0 saturated heterocycles. The lowest BCUT2D eigenvalue weighted by molar-refractivity contribution is 0.0971. The molecular formula is C14H9NO6. The number of hydrogen-bond acceptors (Lipinski definition) is 7. The van der Waals surface area contributed by atoms with Crippen LogP contribution in [0, 0.1) is 0 Å². The van der Waals surface area contributed by atoms with E-state index < -0.39 is 45.7 Å². The summed E-state index contributed by atoms with van der Waals surface area (Å²) in [6.45, 7) is 0. The highest BCUT2D eigenvalue weighted by Crippen LogP contribution is 2.45. The van der Waals surface area contributed by atoms with Crippen molar-refractivity contribution in [3.8, 4) is 23.0 Å². The minimum absolute atomic E-state index is 0.249. The summed E-state index contributed by atoms with van der Waals surface area (Å²) in [5.74, 6) is -4.22. The van der Waals surface area contributed by atoms with E-state index in [0.717, 1.165) is 18.2 Å². The fraction of sp³-hybridized carbons (Fsp3) is 0. The Balaban J connectivity index is 2.45. The van der Waals surface area contributed by atoms with Gasteiger partial charge in [-0.25, -0.2) is 0 Å². The number of benzene rings is 2. The quantitative estimate of drug-likeness (QED) is 0.234. The maximum absolute atomic E-state index is 12.4. The lowest BCUT2D eigenvalue weighted by Gasteiger charge is -2.21. The summed E-state index contributed by atoms with van der Waals surface area (Å²) in [5.41, 5.74) is 3.68. The third-order valence-electron chi connectivity index (χ3n) is 3.39. The summed E-state index contributed by atoms with van der Waals surface area (Å²) in [7, 11) is 0. The van der Waals surface area contributed by atoms with E-state index in [9.17, 15) is 30.0 Å². The molecule has 21 heavy (non-hydrogen) atoms. The van der Waals surface area contributed by atoms with E-state index in [1.165, 1.54) is 0 Å². The van der Waals surface area contributed by atoms with Gasteiger partial charge in [0, 0.05) is 5.56 Å². The Morgan fingerprint density at radius 3 is 1.86 bits per heavy atom. The summed E-state index contributed by atoms with van der Waals surface area (Å²) in [5, 5.41) is 39.0. The van der Waals surface area contributed by atoms with Crippen molar-refractivity contribution >= 4 is 17.3 Å². The summed E-state index contributed by atoms with van der Waals surface area (Å²) in [6, 6.07) is 3.17. The van der Waals surface area contributed by atoms with E-state index in [0.29, 0.717) is 0 Å². The van der Waals surface area contributed by atoms with Crippen molar-refractivity contribution in [3.63, 3.8) is 0 Å². The number of nitrogen functional groups attached to an aromatic ring is 1. The van der Waals surface area contributed by atoms with Gasteiger partial charge in [-0.15, -0.1) is 0 Å². The molecule has 3 rings (SSSR count). The van der Waals surface area contributed by atoms with Crippen molar-refractivity contribution in [1.82, 2.24) is 0 Å². The van der Waals surface area contributed by atoms with Crippen molar-refractivity contribution in [2.75, 3.05) is 5.73 Å². The highest BCUT2D eigenvalue weighted by atomic mass is 16.3. The molecule has 2 aromatic rings. The second-order valence-electron chi connectivity index (χ2n) is 4.60. The lowest BCUT2D eigenvalue weighted by atomic mass is 9.82. The van der Waals surface area contributed by atoms with Crippen molar-refractivity contribution in [3.05, 3.63) is 40.5 Å². The first-order chi connectivity index (χ1) is 9.84. The van der Waals surface area contributed by atoms with Crippen LogP contribution in [0.1, 0.15) is 31.8 Å². The molecule has 7 heteroatoms. The second-order valence-corrected chi connectivity index (χ2v) is 4.60. The molecule has 106 valence electrons. The molecule has 1 aliphatic rings. The molecule has 0 saturated carbocycles. The first-order valence-corrected chi connectivity index (χ1v) is 5.83. The van der Waals surface area contributed by atoms with E-state index in [2.05, 4.69) is 0 Å². The SMILES string of the molecule is Nc1cc2c(c(O)c1O)C(=O)c1c(O)ccc(O)c1C2=O. The second kappa shape index (κ2) is 3.89. The molecule has 6 N–H and O–H groups in total. The van der Waals surface area contributed by atoms with E-state index in [1.807, 2.05) is 0 Å². The van der Waals surface area contributed by atoms with Gasteiger partial charge in [-0.05, 0) is 18.2 Å². The monoisotopic (exact) mass is 287 g/mol. The molecule has 2 aromatic carbocycles. The van der Waals surface area contributed by atoms with Gasteiger partial charge in [0.1, 0.15) is 11.5 Å². The molecule has 0 unspecified atom stereocenters. The fourth-order valence-electron chi connectivity index (χ4n) is 2.39. The number of carbonyl (C=O) groups is 2. The lowest BCUT2D eigenvalue weighted by Crippen LogP contribution is -2.21. The number of carbonyl (C=O) groups excluding carboxylic acids is 2. The third-order valence-corrected chi connectivity index (χ3v) is 3.39. The summed E-state index contributed by atoms with van der Waals surface area (Å²) in [6.07, 6.45) is 0. The first-order valence-electron chi connectivity index (χ1n) is 5.83. The van der Waals surface area contributed by atoms with E-state index in [-0.39, 0.29) is 16.8 Å². The third kappa shape index (κ3) is 1.48. The van der Waals surface area contributed by atoms with Crippen LogP contribution >= 0.6 is 0 Å². The van der Waals surface area contributed by atoms with Gasteiger partial charge >= 0.3 is 0 Å². The van der Waals surface area contributed by atoms with Crippen LogP contribution in [0.2, 0.25) is 0 Å². The normalized spacial score (nSPS) is 13.0.